The maximum absolute atomic E-state index is 11.7. The van der Waals surface area contributed by atoms with Crippen LogP contribution >= 0.6 is 0 Å². The van der Waals surface area contributed by atoms with Crippen LogP contribution in [0.15, 0.2) is 0 Å². The Bertz CT molecular complexity index is 269. The second-order valence-corrected chi connectivity index (χ2v) is 5.49. The molecule has 7 heteroatoms. The number of hydrogen-bond donors (Lipinski definition) is 2. The van der Waals surface area contributed by atoms with Gasteiger partial charge in [0.25, 0.3) is 10.2 Å². The van der Waals surface area contributed by atoms with Crippen LogP contribution in [0.25, 0.3) is 0 Å². The largest absolute Gasteiger partial charge is 0.383 e. The van der Waals surface area contributed by atoms with Crippen LogP contribution in [0.2, 0.25) is 0 Å². The van der Waals surface area contributed by atoms with E-state index >= 15 is 0 Å². The van der Waals surface area contributed by atoms with Crippen LogP contribution in [0.1, 0.15) is 13.8 Å². The van der Waals surface area contributed by atoms with E-state index in [1.807, 2.05) is 13.8 Å². The van der Waals surface area contributed by atoms with Crippen LogP contribution in [0.5, 0.6) is 0 Å². The molecule has 0 aliphatic carbocycles. The zero-order valence-electron chi connectivity index (χ0n) is 10.5. The van der Waals surface area contributed by atoms with Gasteiger partial charge in [-0.2, -0.15) is 12.7 Å². The Labute approximate surface area is 98.5 Å². The first kappa shape index (κ1) is 15.8. The second-order valence-electron chi connectivity index (χ2n) is 3.63. The maximum atomic E-state index is 11.7. The zero-order chi connectivity index (χ0) is 12.6. The molecular formula is C9H23N3O3S. The van der Waals surface area contributed by atoms with Crippen molar-refractivity contribution in [2.75, 3.05) is 40.4 Å². The Morgan fingerprint density at radius 3 is 2.56 bits per heavy atom. The first-order chi connectivity index (χ1) is 7.44. The van der Waals surface area contributed by atoms with Crippen molar-refractivity contribution in [1.82, 2.24) is 14.3 Å². The summed E-state index contributed by atoms with van der Waals surface area (Å²) in [6.07, 6.45) is 0. The van der Waals surface area contributed by atoms with Gasteiger partial charge in [0.1, 0.15) is 0 Å². The predicted octanol–water partition coefficient (Wildman–Crippen LogP) is -0.603. The van der Waals surface area contributed by atoms with Crippen LogP contribution in [0.4, 0.5) is 0 Å². The molecule has 0 fully saturated rings. The summed E-state index contributed by atoms with van der Waals surface area (Å²) in [7, 11) is -0.313. The molecule has 0 saturated heterocycles. The second kappa shape index (κ2) is 7.97. The molecule has 1 atom stereocenters. The number of nitrogens with zero attached hydrogens (tertiary/aromatic N) is 1. The topological polar surface area (TPSA) is 70.7 Å². The van der Waals surface area contributed by atoms with E-state index in [2.05, 4.69) is 10.0 Å². The van der Waals surface area contributed by atoms with Gasteiger partial charge >= 0.3 is 0 Å². The molecule has 0 radical (unpaired) electrons. The number of rotatable bonds is 9. The third-order valence-corrected chi connectivity index (χ3v) is 3.68. The molecular weight excluding hydrogens is 230 g/mol. The van der Waals surface area contributed by atoms with Crippen LogP contribution in [0, 0.1) is 0 Å². The molecule has 0 aliphatic heterocycles. The molecule has 2 N–H and O–H groups in total. The fraction of sp³-hybridized carbons (Fsp3) is 1.00. The van der Waals surface area contributed by atoms with Crippen molar-refractivity contribution in [1.29, 1.82) is 0 Å². The SMILES string of the molecule is CCN[C@H](C)CNS(=O)(=O)N(C)CCOC. The molecule has 0 aromatic heterocycles. The lowest BCUT2D eigenvalue weighted by Gasteiger charge is -2.19. The normalized spacial score (nSPS) is 14.3. The number of methoxy groups -OCH3 is 1. The van der Waals surface area contributed by atoms with Gasteiger partial charge in [-0.1, -0.05) is 6.92 Å². The summed E-state index contributed by atoms with van der Waals surface area (Å²) < 4.78 is 32.0. The van der Waals surface area contributed by atoms with Crippen LogP contribution in [-0.4, -0.2) is 59.2 Å². The van der Waals surface area contributed by atoms with E-state index in [9.17, 15) is 8.42 Å². The van der Waals surface area contributed by atoms with Crippen LogP contribution in [0.3, 0.4) is 0 Å². The Balaban J connectivity index is 4.03. The van der Waals surface area contributed by atoms with Crippen molar-refractivity contribution in [3.05, 3.63) is 0 Å². The lowest BCUT2D eigenvalue weighted by Crippen LogP contribution is -2.45. The highest BCUT2D eigenvalue weighted by molar-refractivity contribution is 7.87. The minimum absolute atomic E-state index is 0.121. The van der Waals surface area contributed by atoms with Crippen molar-refractivity contribution < 1.29 is 13.2 Å². The van der Waals surface area contributed by atoms with E-state index in [0.29, 0.717) is 19.7 Å². The van der Waals surface area contributed by atoms with Gasteiger partial charge in [-0.25, -0.2) is 4.72 Å². The number of hydrogen-bond acceptors (Lipinski definition) is 4. The molecule has 0 bridgehead atoms. The van der Waals surface area contributed by atoms with Gasteiger partial charge in [-0.15, -0.1) is 0 Å². The smallest absolute Gasteiger partial charge is 0.279 e. The minimum Gasteiger partial charge on any atom is -0.383 e. The highest BCUT2D eigenvalue weighted by atomic mass is 32.2. The third-order valence-electron chi connectivity index (χ3n) is 2.15. The van der Waals surface area contributed by atoms with E-state index < -0.39 is 10.2 Å². The average molecular weight is 253 g/mol. The van der Waals surface area contributed by atoms with Crippen molar-refractivity contribution in [2.45, 2.75) is 19.9 Å². The monoisotopic (exact) mass is 253 g/mol. The highest BCUT2D eigenvalue weighted by Gasteiger charge is 2.17. The van der Waals surface area contributed by atoms with Crippen LogP contribution in [-0.2, 0) is 14.9 Å². The summed E-state index contributed by atoms with van der Waals surface area (Å²) in [5.41, 5.74) is 0. The lowest BCUT2D eigenvalue weighted by atomic mass is 10.3. The van der Waals surface area contributed by atoms with Crippen LogP contribution < -0.4 is 10.0 Å². The molecule has 0 aliphatic rings. The molecule has 98 valence electrons. The van der Waals surface area contributed by atoms with Gasteiger partial charge in [0.15, 0.2) is 0 Å². The lowest BCUT2D eigenvalue weighted by molar-refractivity contribution is 0.184. The number of likely N-dealkylation sites (N-methyl/N-ethyl adjacent to an activating group) is 2. The molecule has 0 spiro atoms. The van der Waals surface area contributed by atoms with Gasteiger partial charge in [0.2, 0.25) is 0 Å². The first-order valence-corrected chi connectivity index (χ1v) is 6.81. The number of ether oxygens (including phenoxy) is 1. The summed E-state index contributed by atoms with van der Waals surface area (Å²) in [5.74, 6) is 0. The van der Waals surface area contributed by atoms with Crippen molar-refractivity contribution in [3.63, 3.8) is 0 Å². The Morgan fingerprint density at radius 2 is 2.06 bits per heavy atom. The predicted molar refractivity (Wildman–Crippen MR) is 64.6 cm³/mol. The van der Waals surface area contributed by atoms with Crippen molar-refractivity contribution >= 4 is 10.2 Å². The summed E-state index contributed by atoms with van der Waals surface area (Å²) >= 11 is 0. The van der Waals surface area contributed by atoms with E-state index in [4.69, 9.17) is 4.74 Å². The third kappa shape index (κ3) is 6.39. The molecule has 0 unspecified atom stereocenters. The molecule has 0 heterocycles. The Kier molecular flexibility index (Phi) is 7.86. The molecule has 0 saturated carbocycles. The fourth-order valence-corrected chi connectivity index (χ4v) is 2.10. The van der Waals surface area contributed by atoms with Gasteiger partial charge in [0.05, 0.1) is 6.61 Å². The summed E-state index contributed by atoms with van der Waals surface area (Å²) in [6, 6.07) is 0.121. The van der Waals surface area contributed by atoms with E-state index in [1.165, 1.54) is 11.4 Å². The van der Waals surface area contributed by atoms with Gasteiger partial charge in [-0.3, -0.25) is 0 Å². The van der Waals surface area contributed by atoms with Crippen molar-refractivity contribution in [2.24, 2.45) is 0 Å². The molecule has 0 aromatic carbocycles. The van der Waals surface area contributed by atoms with Crippen molar-refractivity contribution in [3.8, 4) is 0 Å². The molecule has 0 rings (SSSR count). The quantitative estimate of drug-likeness (QED) is 0.575. The summed E-state index contributed by atoms with van der Waals surface area (Å²) in [6.45, 7) is 5.86. The fourth-order valence-electron chi connectivity index (χ4n) is 1.10. The Hall–Kier alpha value is -0.210. The van der Waals surface area contributed by atoms with Gasteiger partial charge < -0.3 is 10.1 Å². The summed E-state index contributed by atoms with van der Waals surface area (Å²) in [5, 5.41) is 3.13. The standard InChI is InChI=1S/C9H23N3O3S/c1-5-10-9(2)8-11-16(13,14)12(3)6-7-15-4/h9-11H,5-8H2,1-4H3/t9-/m1/s1. The molecule has 0 aromatic rings. The Morgan fingerprint density at radius 1 is 1.44 bits per heavy atom. The molecule has 6 nitrogen and oxygen atoms in total. The molecule has 16 heavy (non-hydrogen) atoms. The highest BCUT2D eigenvalue weighted by Crippen LogP contribution is 1.93. The van der Waals surface area contributed by atoms with E-state index in [0.717, 1.165) is 6.54 Å². The van der Waals surface area contributed by atoms with E-state index in [1.54, 1.807) is 7.11 Å². The zero-order valence-corrected chi connectivity index (χ0v) is 11.3. The first-order valence-electron chi connectivity index (χ1n) is 5.37. The van der Waals surface area contributed by atoms with Gasteiger partial charge in [-0.05, 0) is 13.5 Å². The van der Waals surface area contributed by atoms with E-state index in [-0.39, 0.29) is 6.04 Å². The maximum Gasteiger partial charge on any atom is 0.279 e. The minimum atomic E-state index is -3.38. The van der Waals surface area contributed by atoms with Gasteiger partial charge in [0, 0.05) is 33.3 Å². The summed E-state index contributed by atoms with van der Waals surface area (Å²) in [4.78, 5) is 0. The average Bonchev–Trinajstić information content (AvgIpc) is 2.23. The molecule has 0 amide bonds. The number of nitrogens with one attached hydrogen (secondary N) is 2.